The number of aryl methyl sites for hydroxylation is 1. The van der Waals surface area contributed by atoms with E-state index in [1.807, 2.05) is 0 Å². The summed E-state index contributed by atoms with van der Waals surface area (Å²) in [6, 6.07) is 4.68. The van der Waals surface area contributed by atoms with Gasteiger partial charge in [0.25, 0.3) is 5.91 Å². The third-order valence-electron chi connectivity index (χ3n) is 3.88. The Morgan fingerprint density at radius 2 is 2.04 bits per heavy atom. The molecule has 1 aromatic carbocycles. The maximum absolute atomic E-state index is 12.6. The van der Waals surface area contributed by atoms with Crippen LogP contribution in [-0.2, 0) is 15.8 Å². The summed E-state index contributed by atoms with van der Waals surface area (Å²) in [6.45, 7) is 2.26. The Labute approximate surface area is 152 Å². The zero-order chi connectivity index (χ0) is 18.7. The van der Waals surface area contributed by atoms with Crippen LogP contribution in [0.3, 0.4) is 0 Å². The van der Waals surface area contributed by atoms with E-state index in [0.29, 0.717) is 34.2 Å². The van der Waals surface area contributed by atoms with Crippen molar-refractivity contribution in [3.8, 4) is 10.6 Å². The van der Waals surface area contributed by atoms with E-state index in [1.54, 1.807) is 6.92 Å². The van der Waals surface area contributed by atoms with Gasteiger partial charge in [0, 0.05) is 18.6 Å². The smallest absolute Gasteiger partial charge is 0.350 e. The molecule has 2 aromatic rings. The van der Waals surface area contributed by atoms with Gasteiger partial charge in [0.05, 0.1) is 11.3 Å². The highest BCUT2D eigenvalue weighted by Gasteiger charge is 2.30. The number of alkyl halides is 3. The number of nitrogens with one attached hydrogen (secondary N) is 1. The summed E-state index contributed by atoms with van der Waals surface area (Å²) in [5.41, 5.74) is 2.63. The van der Waals surface area contributed by atoms with Crippen LogP contribution in [0.5, 0.6) is 0 Å². The van der Waals surface area contributed by atoms with Crippen molar-refractivity contribution in [2.45, 2.75) is 38.7 Å². The Morgan fingerprint density at radius 3 is 2.65 bits per heavy atom. The first kappa shape index (κ1) is 18.8. The van der Waals surface area contributed by atoms with Gasteiger partial charge in [0.1, 0.15) is 9.88 Å². The minimum absolute atomic E-state index is 0.343. The Balaban J connectivity index is 1.69. The van der Waals surface area contributed by atoms with Gasteiger partial charge in [-0.25, -0.2) is 15.3 Å². The molecule has 0 aliphatic carbocycles. The molecular formula is C17H17F3N2O3S. The largest absolute Gasteiger partial charge is 0.416 e. The summed E-state index contributed by atoms with van der Waals surface area (Å²) >= 11 is 1.10. The van der Waals surface area contributed by atoms with Crippen molar-refractivity contribution >= 4 is 17.2 Å². The first-order valence-electron chi connectivity index (χ1n) is 8.07. The lowest BCUT2D eigenvalue weighted by molar-refractivity contribution is -0.186. The molecule has 0 bridgehead atoms. The molecule has 140 valence electrons. The van der Waals surface area contributed by atoms with E-state index in [0.717, 1.165) is 36.3 Å². The second-order valence-corrected chi connectivity index (χ2v) is 6.85. The second-order valence-electron chi connectivity index (χ2n) is 5.85. The maximum atomic E-state index is 12.6. The molecule has 1 fully saturated rings. The average molecular weight is 386 g/mol. The van der Waals surface area contributed by atoms with E-state index in [1.165, 1.54) is 12.1 Å². The van der Waals surface area contributed by atoms with Crippen LogP contribution in [0.1, 0.15) is 40.2 Å². The minimum Gasteiger partial charge on any atom is -0.350 e. The van der Waals surface area contributed by atoms with Crippen LogP contribution in [0.4, 0.5) is 13.2 Å². The fourth-order valence-corrected chi connectivity index (χ4v) is 3.46. The van der Waals surface area contributed by atoms with E-state index in [2.05, 4.69) is 10.5 Å². The van der Waals surface area contributed by atoms with Crippen molar-refractivity contribution in [3.05, 3.63) is 40.4 Å². The monoisotopic (exact) mass is 386 g/mol. The van der Waals surface area contributed by atoms with Crippen molar-refractivity contribution in [1.82, 2.24) is 10.5 Å². The number of ether oxygens (including phenoxy) is 1. The molecule has 26 heavy (non-hydrogen) atoms. The summed E-state index contributed by atoms with van der Waals surface area (Å²) in [4.78, 5) is 22.1. The van der Waals surface area contributed by atoms with Gasteiger partial charge in [-0.2, -0.15) is 13.2 Å². The number of hydroxylamine groups is 1. The number of nitrogens with zero attached hydrogens (tertiary/aromatic N) is 1. The van der Waals surface area contributed by atoms with Gasteiger partial charge >= 0.3 is 6.18 Å². The van der Waals surface area contributed by atoms with Crippen LogP contribution in [0.2, 0.25) is 0 Å². The number of hydrogen-bond acceptors (Lipinski definition) is 5. The number of benzene rings is 1. The highest BCUT2D eigenvalue weighted by atomic mass is 32.1. The van der Waals surface area contributed by atoms with Gasteiger partial charge in [-0.1, -0.05) is 12.1 Å². The van der Waals surface area contributed by atoms with Gasteiger partial charge in [0.2, 0.25) is 0 Å². The van der Waals surface area contributed by atoms with Crippen LogP contribution in [0.25, 0.3) is 10.6 Å². The number of amides is 1. The number of halogens is 3. The molecule has 1 aromatic heterocycles. The molecule has 2 heterocycles. The van der Waals surface area contributed by atoms with Crippen molar-refractivity contribution in [2.24, 2.45) is 0 Å². The van der Waals surface area contributed by atoms with Crippen LogP contribution in [-0.4, -0.2) is 23.8 Å². The minimum atomic E-state index is -4.39. The number of carbonyl (C=O) groups excluding carboxylic acids is 1. The normalized spacial score (nSPS) is 17.9. The third-order valence-corrected chi connectivity index (χ3v) is 5.09. The van der Waals surface area contributed by atoms with E-state index < -0.39 is 23.9 Å². The Morgan fingerprint density at radius 1 is 1.31 bits per heavy atom. The molecule has 1 amide bonds. The summed E-state index contributed by atoms with van der Waals surface area (Å²) in [5.74, 6) is -0.452. The first-order chi connectivity index (χ1) is 12.3. The molecule has 3 rings (SSSR count). The van der Waals surface area contributed by atoms with Crippen molar-refractivity contribution in [3.63, 3.8) is 0 Å². The molecule has 1 aliphatic heterocycles. The lowest BCUT2D eigenvalue weighted by Crippen LogP contribution is -2.33. The predicted molar refractivity (Wildman–Crippen MR) is 89.4 cm³/mol. The van der Waals surface area contributed by atoms with E-state index in [-0.39, 0.29) is 0 Å². The van der Waals surface area contributed by atoms with E-state index in [9.17, 15) is 18.0 Å². The number of rotatable bonds is 4. The van der Waals surface area contributed by atoms with Crippen molar-refractivity contribution in [2.75, 3.05) is 6.61 Å². The van der Waals surface area contributed by atoms with Crippen LogP contribution < -0.4 is 5.48 Å². The van der Waals surface area contributed by atoms with Crippen LogP contribution in [0.15, 0.2) is 24.3 Å². The standard InChI is InChI=1S/C17H17F3N2O3S/c1-10-14(15(23)22-25-13-4-2-3-9-24-13)26-16(21-10)11-5-7-12(8-6-11)17(18,19)20/h5-8,13H,2-4,9H2,1H3,(H,22,23)/t13-/m0/s1. The van der Waals surface area contributed by atoms with Gasteiger partial charge in [-0.05, 0) is 31.9 Å². The molecule has 5 nitrogen and oxygen atoms in total. The topological polar surface area (TPSA) is 60.5 Å². The van der Waals surface area contributed by atoms with E-state index in [4.69, 9.17) is 9.57 Å². The molecule has 9 heteroatoms. The van der Waals surface area contributed by atoms with Crippen molar-refractivity contribution < 1.29 is 27.5 Å². The predicted octanol–water partition coefficient (Wildman–Crippen LogP) is 4.33. The quantitative estimate of drug-likeness (QED) is 0.795. The van der Waals surface area contributed by atoms with Crippen molar-refractivity contribution in [1.29, 1.82) is 0 Å². The van der Waals surface area contributed by atoms with Gasteiger partial charge in [-0.3, -0.25) is 4.79 Å². The lowest BCUT2D eigenvalue weighted by Gasteiger charge is -2.21. The molecule has 0 unspecified atom stereocenters. The molecule has 1 N–H and O–H groups in total. The summed E-state index contributed by atoms with van der Waals surface area (Å²) in [5, 5.41) is 0.468. The zero-order valence-electron chi connectivity index (χ0n) is 13.9. The third kappa shape index (κ3) is 4.40. The summed E-state index contributed by atoms with van der Waals surface area (Å²) in [6.07, 6.45) is -2.20. The fourth-order valence-electron chi connectivity index (χ4n) is 2.50. The van der Waals surface area contributed by atoms with Gasteiger partial charge in [0.15, 0.2) is 6.29 Å². The fraction of sp³-hybridized carbons (Fsp3) is 0.412. The molecule has 0 saturated carbocycles. The number of aromatic nitrogens is 1. The number of carbonyl (C=O) groups is 1. The van der Waals surface area contributed by atoms with Crippen LogP contribution >= 0.6 is 11.3 Å². The highest BCUT2D eigenvalue weighted by Crippen LogP contribution is 2.33. The van der Waals surface area contributed by atoms with E-state index >= 15 is 0 Å². The Kier molecular flexibility index (Phi) is 5.59. The van der Waals surface area contributed by atoms with Gasteiger partial charge in [-0.15, -0.1) is 11.3 Å². The maximum Gasteiger partial charge on any atom is 0.416 e. The number of hydrogen-bond donors (Lipinski definition) is 1. The zero-order valence-corrected chi connectivity index (χ0v) is 14.7. The summed E-state index contributed by atoms with van der Waals surface area (Å²) in [7, 11) is 0. The molecule has 1 aliphatic rings. The lowest BCUT2D eigenvalue weighted by atomic mass is 10.1. The highest BCUT2D eigenvalue weighted by molar-refractivity contribution is 7.17. The molecule has 0 radical (unpaired) electrons. The Bertz CT molecular complexity index is 769. The molecule has 1 atom stereocenters. The molecular weight excluding hydrogens is 369 g/mol. The number of thiazole rings is 1. The Hall–Kier alpha value is -1.97. The first-order valence-corrected chi connectivity index (χ1v) is 8.89. The SMILES string of the molecule is Cc1nc(-c2ccc(C(F)(F)F)cc2)sc1C(=O)NO[C@H]1CCCCO1. The van der Waals surface area contributed by atoms with Crippen LogP contribution in [0, 0.1) is 6.92 Å². The molecule has 1 saturated heterocycles. The summed E-state index contributed by atoms with van der Waals surface area (Å²) < 4.78 is 43.3. The second kappa shape index (κ2) is 7.73. The molecule has 0 spiro atoms. The average Bonchev–Trinajstić information content (AvgIpc) is 3.02. The van der Waals surface area contributed by atoms with Gasteiger partial charge < -0.3 is 4.74 Å².